The molecule has 3 rings (SSSR count). The van der Waals surface area contributed by atoms with E-state index >= 15 is 0 Å². The molecular formula is C17H21N3O3S. The summed E-state index contributed by atoms with van der Waals surface area (Å²) in [6.07, 6.45) is 2.04. The fourth-order valence-electron chi connectivity index (χ4n) is 2.96. The highest BCUT2D eigenvalue weighted by Gasteiger charge is 2.31. The fraction of sp³-hybridized carbons (Fsp3) is 0.412. The third-order valence-corrected chi connectivity index (χ3v) is 5.78. The van der Waals surface area contributed by atoms with Gasteiger partial charge in [-0.15, -0.1) is 0 Å². The fourth-order valence-corrected chi connectivity index (χ4v) is 4.55. The highest BCUT2D eigenvalue weighted by atomic mass is 32.2. The number of benzene rings is 1. The number of ether oxygens (including phenoxy) is 1. The minimum Gasteiger partial charge on any atom is -0.478 e. The summed E-state index contributed by atoms with van der Waals surface area (Å²) < 4.78 is 30.1. The van der Waals surface area contributed by atoms with Crippen LogP contribution in [-0.4, -0.2) is 43.0 Å². The molecule has 0 N–H and O–H groups in total. The second kappa shape index (κ2) is 7.17. The summed E-state index contributed by atoms with van der Waals surface area (Å²) in [6.45, 7) is 3.04. The molecule has 0 amide bonds. The van der Waals surface area contributed by atoms with Crippen molar-refractivity contribution in [3.05, 3.63) is 48.3 Å². The smallest absolute Gasteiger partial charge is 0.218 e. The van der Waals surface area contributed by atoms with E-state index < -0.39 is 9.84 Å². The molecule has 6 nitrogen and oxygen atoms in total. The minimum atomic E-state index is -3.09. The first-order valence-corrected chi connectivity index (χ1v) is 9.88. The van der Waals surface area contributed by atoms with Crippen LogP contribution in [0.5, 0.6) is 5.88 Å². The molecule has 1 aliphatic rings. The van der Waals surface area contributed by atoms with Crippen molar-refractivity contribution in [1.29, 1.82) is 0 Å². The van der Waals surface area contributed by atoms with E-state index in [-0.39, 0.29) is 17.5 Å². The topological polar surface area (TPSA) is 72.4 Å². The Kier molecular flexibility index (Phi) is 4.99. The standard InChI is InChI=1S/C17H21N3O3S/c1-2-23-17-11-16(18-13-19-17)20-9-6-10-24(21,22)12-15(20)14-7-4-3-5-8-14/h3-5,7-8,11,13,15H,2,6,9-10,12H2,1H3. The van der Waals surface area contributed by atoms with Crippen LogP contribution in [0.2, 0.25) is 0 Å². The Hall–Kier alpha value is -2.15. The molecule has 1 aromatic carbocycles. The second-order valence-electron chi connectivity index (χ2n) is 5.74. The van der Waals surface area contributed by atoms with E-state index in [1.807, 2.05) is 42.2 Å². The van der Waals surface area contributed by atoms with Crippen molar-refractivity contribution in [2.75, 3.05) is 29.6 Å². The Morgan fingerprint density at radius 3 is 2.79 bits per heavy atom. The van der Waals surface area contributed by atoms with E-state index in [1.54, 1.807) is 6.07 Å². The average molecular weight is 347 g/mol. The van der Waals surface area contributed by atoms with Crippen LogP contribution in [0.4, 0.5) is 5.82 Å². The van der Waals surface area contributed by atoms with Crippen molar-refractivity contribution in [1.82, 2.24) is 9.97 Å². The van der Waals surface area contributed by atoms with E-state index in [0.717, 1.165) is 5.56 Å². The maximum absolute atomic E-state index is 12.3. The van der Waals surface area contributed by atoms with Crippen molar-refractivity contribution in [2.45, 2.75) is 19.4 Å². The molecule has 1 atom stereocenters. The molecule has 1 aromatic heterocycles. The van der Waals surface area contributed by atoms with Gasteiger partial charge < -0.3 is 9.64 Å². The Bertz CT molecular complexity index is 781. The largest absolute Gasteiger partial charge is 0.478 e. The zero-order valence-corrected chi connectivity index (χ0v) is 14.4. The lowest BCUT2D eigenvalue weighted by Gasteiger charge is -2.30. The van der Waals surface area contributed by atoms with Crippen molar-refractivity contribution < 1.29 is 13.2 Å². The van der Waals surface area contributed by atoms with Crippen LogP contribution >= 0.6 is 0 Å². The lowest BCUT2D eigenvalue weighted by atomic mass is 10.1. The van der Waals surface area contributed by atoms with Crippen LogP contribution in [0.25, 0.3) is 0 Å². The van der Waals surface area contributed by atoms with Crippen LogP contribution in [-0.2, 0) is 9.84 Å². The number of nitrogens with zero attached hydrogens (tertiary/aromatic N) is 3. The number of sulfone groups is 1. The van der Waals surface area contributed by atoms with Gasteiger partial charge in [-0.1, -0.05) is 30.3 Å². The molecule has 1 fully saturated rings. The Morgan fingerprint density at radius 2 is 2.04 bits per heavy atom. The molecule has 1 aliphatic heterocycles. The van der Waals surface area contributed by atoms with Crippen LogP contribution in [0.1, 0.15) is 24.9 Å². The highest BCUT2D eigenvalue weighted by molar-refractivity contribution is 7.91. The van der Waals surface area contributed by atoms with Crippen molar-refractivity contribution >= 4 is 15.7 Å². The Morgan fingerprint density at radius 1 is 1.25 bits per heavy atom. The lowest BCUT2D eigenvalue weighted by molar-refractivity contribution is 0.326. The number of hydrogen-bond acceptors (Lipinski definition) is 6. The van der Waals surface area contributed by atoms with Gasteiger partial charge in [-0.05, 0) is 18.9 Å². The van der Waals surface area contributed by atoms with Crippen LogP contribution in [0, 0.1) is 0 Å². The van der Waals surface area contributed by atoms with Crippen LogP contribution < -0.4 is 9.64 Å². The maximum Gasteiger partial charge on any atom is 0.218 e. The zero-order valence-electron chi connectivity index (χ0n) is 13.6. The van der Waals surface area contributed by atoms with Crippen LogP contribution in [0.3, 0.4) is 0 Å². The van der Waals surface area contributed by atoms with Gasteiger partial charge in [0.2, 0.25) is 5.88 Å². The summed E-state index contributed by atoms with van der Waals surface area (Å²) in [5.74, 6) is 1.49. The van der Waals surface area contributed by atoms with Gasteiger partial charge in [0.05, 0.1) is 24.2 Å². The number of anilines is 1. The molecule has 24 heavy (non-hydrogen) atoms. The summed E-state index contributed by atoms with van der Waals surface area (Å²) in [5, 5.41) is 0. The maximum atomic E-state index is 12.3. The SMILES string of the molecule is CCOc1cc(N2CCCS(=O)(=O)CC2c2ccccc2)ncn1. The third kappa shape index (κ3) is 3.84. The first-order chi connectivity index (χ1) is 11.6. The predicted molar refractivity (Wildman–Crippen MR) is 93.0 cm³/mol. The normalized spacial score (nSPS) is 20.4. The average Bonchev–Trinajstić information content (AvgIpc) is 2.74. The van der Waals surface area contributed by atoms with E-state index in [0.29, 0.717) is 31.3 Å². The van der Waals surface area contributed by atoms with Gasteiger partial charge in [0, 0.05) is 12.6 Å². The van der Waals surface area contributed by atoms with E-state index in [4.69, 9.17) is 4.74 Å². The van der Waals surface area contributed by atoms with Gasteiger partial charge in [0.25, 0.3) is 0 Å². The molecule has 1 saturated heterocycles. The predicted octanol–water partition coefficient (Wildman–Crippen LogP) is 2.24. The number of hydrogen-bond donors (Lipinski definition) is 0. The molecule has 2 heterocycles. The van der Waals surface area contributed by atoms with Gasteiger partial charge in [0.15, 0.2) is 9.84 Å². The third-order valence-electron chi connectivity index (χ3n) is 4.04. The number of aromatic nitrogens is 2. The summed E-state index contributed by atoms with van der Waals surface area (Å²) in [7, 11) is -3.09. The van der Waals surface area contributed by atoms with Gasteiger partial charge >= 0.3 is 0 Å². The lowest BCUT2D eigenvalue weighted by Crippen LogP contribution is -2.32. The van der Waals surface area contributed by atoms with Crippen molar-refractivity contribution in [3.8, 4) is 5.88 Å². The summed E-state index contributed by atoms with van der Waals surface area (Å²) in [5.41, 5.74) is 0.972. The minimum absolute atomic E-state index is 0.0883. The molecule has 7 heteroatoms. The molecule has 0 saturated carbocycles. The quantitative estimate of drug-likeness (QED) is 0.845. The van der Waals surface area contributed by atoms with Crippen molar-refractivity contribution in [2.24, 2.45) is 0 Å². The van der Waals surface area contributed by atoms with E-state index in [9.17, 15) is 8.42 Å². The number of rotatable bonds is 4. The second-order valence-corrected chi connectivity index (χ2v) is 7.96. The van der Waals surface area contributed by atoms with E-state index in [2.05, 4.69) is 9.97 Å². The van der Waals surface area contributed by atoms with Gasteiger partial charge in [0.1, 0.15) is 12.1 Å². The van der Waals surface area contributed by atoms with Crippen LogP contribution in [0.15, 0.2) is 42.7 Å². The first-order valence-electron chi connectivity index (χ1n) is 8.06. The summed E-state index contributed by atoms with van der Waals surface area (Å²) >= 11 is 0. The molecule has 0 radical (unpaired) electrons. The van der Waals surface area contributed by atoms with Gasteiger partial charge in [-0.2, -0.15) is 0 Å². The molecule has 0 bridgehead atoms. The molecular weight excluding hydrogens is 326 g/mol. The Balaban J connectivity index is 2.00. The van der Waals surface area contributed by atoms with E-state index in [1.165, 1.54) is 6.33 Å². The monoisotopic (exact) mass is 347 g/mol. The Labute approximate surface area is 142 Å². The summed E-state index contributed by atoms with van der Waals surface area (Å²) in [6, 6.07) is 11.2. The van der Waals surface area contributed by atoms with Gasteiger partial charge in [-0.3, -0.25) is 0 Å². The molecule has 0 spiro atoms. The molecule has 2 aromatic rings. The molecule has 128 valence electrons. The molecule has 1 unspecified atom stereocenters. The summed E-state index contributed by atoms with van der Waals surface area (Å²) in [4.78, 5) is 10.5. The first kappa shape index (κ1) is 16.7. The van der Waals surface area contributed by atoms with Gasteiger partial charge in [-0.25, -0.2) is 18.4 Å². The van der Waals surface area contributed by atoms with Crippen molar-refractivity contribution in [3.63, 3.8) is 0 Å². The molecule has 0 aliphatic carbocycles. The highest BCUT2D eigenvalue weighted by Crippen LogP contribution is 2.31. The zero-order chi connectivity index (χ0) is 17.0.